The van der Waals surface area contributed by atoms with Crippen LogP contribution in [0.25, 0.3) is 15.9 Å². The number of nitrogens with zero attached hydrogens (tertiary/aromatic N) is 3. The van der Waals surface area contributed by atoms with E-state index in [1.807, 2.05) is 12.1 Å². The quantitative estimate of drug-likeness (QED) is 0.699. The van der Waals surface area contributed by atoms with Gasteiger partial charge < -0.3 is 15.3 Å². The minimum absolute atomic E-state index is 0.0996. The van der Waals surface area contributed by atoms with Gasteiger partial charge in [0, 0.05) is 29.5 Å². The fraction of sp³-hybridized carbons (Fsp3) is 0.368. The summed E-state index contributed by atoms with van der Waals surface area (Å²) in [6.07, 6.45) is 0.286. The second-order valence-electron chi connectivity index (χ2n) is 6.96. The first-order valence-electron chi connectivity index (χ1n) is 8.87. The van der Waals surface area contributed by atoms with E-state index >= 15 is 0 Å². The zero-order chi connectivity index (χ0) is 19.1. The topological polar surface area (TPSA) is 70.4 Å². The highest BCUT2D eigenvalue weighted by atomic mass is 35.5. The highest BCUT2D eigenvalue weighted by Crippen LogP contribution is 2.33. The second kappa shape index (κ2) is 7.24. The summed E-state index contributed by atoms with van der Waals surface area (Å²) in [5.41, 5.74) is 1.67. The van der Waals surface area contributed by atoms with Crippen LogP contribution < -0.4 is 10.9 Å². The summed E-state index contributed by atoms with van der Waals surface area (Å²) >= 11 is 7.73. The molecule has 1 atom stereocenters. The van der Waals surface area contributed by atoms with Crippen LogP contribution in [0, 0.1) is 0 Å². The van der Waals surface area contributed by atoms with Crippen molar-refractivity contribution in [3.8, 4) is 5.69 Å². The van der Waals surface area contributed by atoms with Crippen LogP contribution >= 0.6 is 22.9 Å². The Hall–Kier alpha value is -1.93. The summed E-state index contributed by atoms with van der Waals surface area (Å²) in [6, 6.07) is 7.16. The molecule has 1 aliphatic heterocycles. The van der Waals surface area contributed by atoms with E-state index in [2.05, 4.69) is 17.3 Å². The molecule has 6 nitrogen and oxygen atoms in total. The molecule has 1 aliphatic rings. The molecular formula is C19H21ClN4O2S. The minimum atomic E-state index is -0.560. The molecule has 0 saturated carbocycles. The molecule has 0 spiro atoms. The molecule has 0 bridgehead atoms. The average Bonchev–Trinajstić information content (AvgIpc) is 2.97. The van der Waals surface area contributed by atoms with E-state index in [0.717, 1.165) is 29.9 Å². The van der Waals surface area contributed by atoms with Crippen LogP contribution in [0.4, 0.5) is 5.95 Å². The number of fused-ring (bicyclic) bond motifs is 3. The van der Waals surface area contributed by atoms with E-state index in [9.17, 15) is 9.90 Å². The smallest absolute Gasteiger partial charge is 0.268 e. The van der Waals surface area contributed by atoms with Crippen molar-refractivity contribution in [1.82, 2.24) is 14.5 Å². The number of rotatable bonds is 4. The molecule has 1 aromatic carbocycles. The molecule has 0 amide bonds. The Morgan fingerprint density at radius 1 is 1.44 bits per heavy atom. The van der Waals surface area contributed by atoms with Crippen LogP contribution in [0.2, 0.25) is 5.02 Å². The molecule has 0 fully saturated rings. The maximum atomic E-state index is 13.5. The molecular weight excluding hydrogens is 384 g/mol. The number of hydrogen-bond donors (Lipinski definition) is 2. The van der Waals surface area contributed by atoms with Gasteiger partial charge in [-0.15, -0.1) is 11.3 Å². The molecule has 0 saturated heterocycles. The van der Waals surface area contributed by atoms with Crippen LogP contribution in [0.3, 0.4) is 0 Å². The average molecular weight is 405 g/mol. The number of halogens is 1. The lowest BCUT2D eigenvalue weighted by Crippen LogP contribution is -2.28. The first-order chi connectivity index (χ1) is 12.9. The maximum absolute atomic E-state index is 13.5. The summed E-state index contributed by atoms with van der Waals surface area (Å²) in [5, 5.41) is 14.0. The van der Waals surface area contributed by atoms with Crippen molar-refractivity contribution >= 4 is 39.1 Å². The number of hydrogen-bond acceptors (Lipinski definition) is 6. The molecule has 3 heterocycles. The third kappa shape index (κ3) is 3.48. The molecule has 142 valence electrons. The zero-order valence-electron chi connectivity index (χ0n) is 15.2. The standard InChI is InChI=1S/C19H21ClN4O2S/c1-11(25)9-21-19-22-17-16(14-6-7-23(2)10-15(14)27-17)18(26)24(19)13-5-3-4-12(20)8-13/h3-5,8,11,25H,6-7,9-10H2,1-2H3,(H,21,22)/t11-/m1/s1. The fourth-order valence-corrected chi connectivity index (χ4v) is 4.86. The summed E-state index contributed by atoms with van der Waals surface area (Å²) in [7, 11) is 2.08. The zero-order valence-corrected chi connectivity index (χ0v) is 16.8. The van der Waals surface area contributed by atoms with Crippen molar-refractivity contribution in [2.75, 3.05) is 25.5 Å². The highest BCUT2D eigenvalue weighted by Gasteiger charge is 2.24. The lowest BCUT2D eigenvalue weighted by Gasteiger charge is -2.22. The lowest BCUT2D eigenvalue weighted by molar-refractivity contribution is 0.208. The lowest BCUT2D eigenvalue weighted by atomic mass is 10.1. The number of nitrogens with one attached hydrogen (secondary N) is 1. The van der Waals surface area contributed by atoms with E-state index in [4.69, 9.17) is 16.6 Å². The summed E-state index contributed by atoms with van der Waals surface area (Å²) < 4.78 is 1.56. The first-order valence-corrected chi connectivity index (χ1v) is 10.1. The minimum Gasteiger partial charge on any atom is -0.392 e. The van der Waals surface area contributed by atoms with Gasteiger partial charge in [0.15, 0.2) is 0 Å². The van der Waals surface area contributed by atoms with Crippen molar-refractivity contribution in [2.24, 2.45) is 0 Å². The number of anilines is 1. The Morgan fingerprint density at radius 3 is 3.00 bits per heavy atom. The molecule has 27 heavy (non-hydrogen) atoms. The van der Waals surface area contributed by atoms with Crippen molar-refractivity contribution in [2.45, 2.75) is 26.0 Å². The van der Waals surface area contributed by atoms with E-state index < -0.39 is 6.10 Å². The summed E-state index contributed by atoms with van der Waals surface area (Å²) in [5.74, 6) is 0.419. The van der Waals surface area contributed by atoms with Gasteiger partial charge in [0.25, 0.3) is 5.56 Å². The first kappa shape index (κ1) is 18.4. The maximum Gasteiger partial charge on any atom is 0.268 e. The van der Waals surface area contributed by atoms with Gasteiger partial charge in [-0.3, -0.25) is 4.79 Å². The van der Waals surface area contributed by atoms with Gasteiger partial charge in [0.2, 0.25) is 5.95 Å². The predicted molar refractivity (Wildman–Crippen MR) is 110 cm³/mol. The van der Waals surface area contributed by atoms with Gasteiger partial charge in [-0.25, -0.2) is 9.55 Å². The normalized spacial score (nSPS) is 15.7. The van der Waals surface area contributed by atoms with Crippen LogP contribution in [-0.2, 0) is 13.0 Å². The number of aliphatic hydroxyl groups excluding tert-OH is 1. The predicted octanol–water partition coefficient (Wildman–Crippen LogP) is 2.88. The van der Waals surface area contributed by atoms with Crippen LogP contribution in [0.1, 0.15) is 17.4 Å². The molecule has 4 rings (SSSR count). The molecule has 0 unspecified atom stereocenters. The Balaban J connectivity index is 1.96. The highest BCUT2D eigenvalue weighted by molar-refractivity contribution is 7.18. The molecule has 8 heteroatoms. The van der Waals surface area contributed by atoms with Gasteiger partial charge in [0.1, 0.15) is 4.83 Å². The van der Waals surface area contributed by atoms with Crippen LogP contribution in [0.5, 0.6) is 0 Å². The molecule has 2 N–H and O–H groups in total. The second-order valence-corrected chi connectivity index (χ2v) is 8.48. The van der Waals surface area contributed by atoms with E-state index in [0.29, 0.717) is 28.6 Å². The van der Waals surface area contributed by atoms with Crippen molar-refractivity contribution in [3.63, 3.8) is 0 Å². The van der Waals surface area contributed by atoms with Gasteiger partial charge in [-0.05, 0) is 44.2 Å². The fourth-order valence-electron chi connectivity index (χ4n) is 3.38. The van der Waals surface area contributed by atoms with Crippen LogP contribution in [-0.4, -0.2) is 45.8 Å². The number of aliphatic hydroxyl groups is 1. The number of likely N-dealkylation sites (N-methyl/N-ethyl adjacent to an activating group) is 1. The summed E-state index contributed by atoms with van der Waals surface area (Å²) in [4.78, 5) is 22.4. The van der Waals surface area contributed by atoms with E-state index in [1.54, 1.807) is 35.0 Å². The van der Waals surface area contributed by atoms with Crippen molar-refractivity contribution in [1.29, 1.82) is 0 Å². The van der Waals surface area contributed by atoms with Crippen molar-refractivity contribution in [3.05, 3.63) is 50.1 Å². The van der Waals surface area contributed by atoms with Gasteiger partial charge >= 0.3 is 0 Å². The number of thiophene rings is 1. The monoisotopic (exact) mass is 404 g/mol. The SMILES string of the molecule is C[C@@H](O)CNc1nc2sc3c(c2c(=O)n1-c1cccc(Cl)c1)CCN(C)C3. The molecule has 3 aromatic rings. The number of aromatic nitrogens is 2. The largest absolute Gasteiger partial charge is 0.392 e. The molecule has 0 aliphatic carbocycles. The van der Waals surface area contributed by atoms with Gasteiger partial charge in [-0.1, -0.05) is 17.7 Å². The van der Waals surface area contributed by atoms with Gasteiger partial charge in [-0.2, -0.15) is 0 Å². The number of benzene rings is 1. The third-order valence-electron chi connectivity index (χ3n) is 4.69. The van der Waals surface area contributed by atoms with Crippen molar-refractivity contribution < 1.29 is 5.11 Å². The van der Waals surface area contributed by atoms with E-state index in [-0.39, 0.29) is 5.56 Å². The Labute approximate surface area is 166 Å². The summed E-state index contributed by atoms with van der Waals surface area (Å²) in [6.45, 7) is 3.75. The molecule has 0 radical (unpaired) electrons. The molecule has 2 aromatic heterocycles. The van der Waals surface area contributed by atoms with Gasteiger partial charge in [0.05, 0.1) is 17.2 Å². The Bertz CT molecular complexity index is 1060. The Kier molecular flexibility index (Phi) is 4.94. The van der Waals surface area contributed by atoms with E-state index in [1.165, 1.54) is 4.88 Å². The van der Waals surface area contributed by atoms with Crippen LogP contribution in [0.15, 0.2) is 29.1 Å². The Morgan fingerprint density at radius 2 is 2.26 bits per heavy atom. The third-order valence-corrected chi connectivity index (χ3v) is 6.03.